The van der Waals surface area contributed by atoms with Crippen LogP contribution in [-0.4, -0.2) is 63.1 Å². The molecule has 3 aliphatic rings. The number of β-lactam (4-membered cyclic amide) rings is 1. The van der Waals surface area contributed by atoms with Crippen LogP contribution in [0.4, 0.5) is 5.69 Å². The van der Waals surface area contributed by atoms with E-state index in [1.54, 1.807) is 11.8 Å². The molecule has 3 fully saturated rings. The largest absolute Gasteiger partial charge is 0.480 e. The highest BCUT2D eigenvalue weighted by atomic mass is 32.2. The minimum atomic E-state index is -0.962. The molecule has 2 amide bonds. The molecule has 7 nitrogen and oxygen atoms in total. The molecule has 2 N–H and O–H groups in total. The van der Waals surface area contributed by atoms with Crippen molar-refractivity contribution in [2.45, 2.75) is 41.5 Å². The van der Waals surface area contributed by atoms with Gasteiger partial charge < -0.3 is 20.2 Å². The molecule has 2 aromatic carbocycles. The minimum Gasteiger partial charge on any atom is -0.480 e. The number of hydrogen-bond acceptors (Lipinski definition) is 5. The van der Waals surface area contributed by atoms with Crippen LogP contribution in [0.25, 0.3) is 0 Å². The summed E-state index contributed by atoms with van der Waals surface area (Å²) in [6, 6.07) is 17.9. The van der Waals surface area contributed by atoms with Crippen molar-refractivity contribution in [3.05, 3.63) is 66.2 Å². The zero-order valence-corrected chi connectivity index (χ0v) is 18.3. The lowest BCUT2D eigenvalue weighted by molar-refractivity contribution is -0.161. The molecule has 0 aromatic heterocycles. The summed E-state index contributed by atoms with van der Waals surface area (Å²) >= 11 is 1.56. The van der Waals surface area contributed by atoms with Gasteiger partial charge in [0.05, 0.1) is 11.2 Å². The molecule has 2 unspecified atom stereocenters. The number of carboxylic acids is 1. The van der Waals surface area contributed by atoms with Crippen LogP contribution >= 0.6 is 11.8 Å². The van der Waals surface area contributed by atoms with Crippen molar-refractivity contribution in [1.29, 1.82) is 0 Å². The van der Waals surface area contributed by atoms with Crippen LogP contribution in [0, 0.1) is 0 Å². The monoisotopic (exact) mass is 451 g/mol. The van der Waals surface area contributed by atoms with Crippen molar-refractivity contribution in [2.24, 2.45) is 0 Å². The van der Waals surface area contributed by atoms with E-state index >= 15 is 0 Å². The number of thioether (sulfide) groups is 1. The number of aliphatic carboxylic acids is 1. The number of hydrogen-bond donors (Lipinski definition) is 2. The molecule has 3 aliphatic heterocycles. The maximum absolute atomic E-state index is 12.9. The zero-order chi connectivity index (χ0) is 22.3. The van der Waals surface area contributed by atoms with Crippen molar-refractivity contribution < 1.29 is 19.5 Å². The predicted molar refractivity (Wildman–Crippen MR) is 122 cm³/mol. The number of para-hydroxylation sites is 1. The smallest absolute Gasteiger partial charge is 0.327 e. The quantitative estimate of drug-likeness (QED) is 0.677. The van der Waals surface area contributed by atoms with Crippen molar-refractivity contribution in [2.75, 3.05) is 18.0 Å². The first kappa shape index (κ1) is 20.9. The highest BCUT2D eigenvalue weighted by Gasteiger charge is 2.67. The Morgan fingerprint density at radius 2 is 1.66 bits per heavy atom. The van der Waals surface area contributed by atoms with Crippen LogP contribution in [0.15, 0.2) is 60.7 Å². The SMILES string of the molecule is O=C(Cc1ccccc1)NC1C(=O)N2C(C(=O)O)C3(CCN(c4ccccc4)CC3)S[C@H]12. The number of anilines is 1. The number of nitrogens with one attached hydrogen (secondary N) is 1. The topological polar surface area (TPSA) is 90.0 Å². The third-order valence-electron chi connectivity index (χ3n) is 6.70. The molecule has 0 radical (unpaired) electrons. The Morgan fingerprint density at radius 1 is 1.03 bits per heavy atom. The van der Waals surface area contributed by atoms with E-state index in [1.807, 2.05) is 48.5 Å². The second-order valence-electron chi connectivity index (χ2n) is 8.59. The van der Waals surface area contributed by atoms with Crippen molar-refractivity contribution in [3.63, 3.8) is 0 Å². The van der Waals surface area contributed by atoms with E-state index in [1.165, 1.54) is 4.90 Å². The highest BCUT2D eigenvalue weighted by molar-refractivity contribution is 8.01. The number of benzene rings is 2. The number of fused-ring (bicyclic) bond motifs is 1. The van der Waals surface area contributed by atoms with Gasteiger partial charge in [0, 0.05) is 18.8 Å². The van der Waals surface area contributed by atoms with Gasteiger partial charge >= 0.3 is 5.97 Å². The Hall–Kier alpha value is -3.00. The number of carbonyl (C=O) groups is 3. The van der Waals surface area contributed by atoms with Gasteiger partial charge in [-0.1, -0.05) is 48.5 Å². The van der Waals surface area contributed by atoms with E-state index in [-0.39, 0.29) is 23.6 Å². The van der Waals surface area contributed by atoms with Crippen LogP contribution in [0.1, 0.15) is 18.4 Å². The van der Waals surface area contributed by atoms with Gasteiger partial charge in [0.15, 0.2) is 0 Å². The predicted octanol–water partition coefficient (Wildman–Crippen LogP) is 2.12. The molecule has 5 rings (SSSR count). The molecule has 2 aromatic rings. The number of piperidine rings is 1. The van der Waals surface area contributed by atoms with Crippen LogP contribution < -0.4 is 10.2 Å². The maximum atomic E-state index is 12.9. The molecule has 0 saturated carbocycles. The summed E-state index contributed by atoms with van der Waals surface area (Å²) in [4.78, 5) is 41.4. The van der Waals surface area contributed by atoms with Crippen molar-refractivity contribution in [3.8, 4) is 0 Å². The molecule has 3 heterocycles. The van der Waals surface area contributed by atoms with Crippen molar-refractivity contribution >= 4 is 35.2 Å². The lowest BCUT2D eigenvalue weighted by Crippen LogP contribution is -2.71. The normalized spacial score (nSPS) is 25.9. The Balaban J connectivity index is 1.28. The second-order valence-corrected chi connectivity index (χ2v) is 10.1. The van der Waals surface area contributed by atoms with Gasteiger partial charge in [0.25, 0.3) is 0 Å². The summed E-state index contributed by atoms with van der Waals surface area (Å²) in [5.74, 6) is -1.48. The Morgan fingerprint density at radius 3 is 2.28 bits per heavy atom. The molecule has 32 heavy (non-hydrogen) atoms. The summed E-state index contributed by atoms with van der Waals surface area (Å²) in [5.41, 5.74) is 2.00. The molecule has 0 bridgehead atoms. The van der Waals surface area contributed by atoms with Gasteiger partial charge in [-0.3, -0.25) is 9.59 Å². The fraction of sp³-hybridized carbons (Fsp3) is 0.375. The maximum Gasteiger partial charge on any atom is 0.327 e. The first-order valence-corrected chi connectivity index (χ1v) is 11.7. The van der Waals surface area contributed by atoms with Crippen LogP contribution in [0.3, 0.4) is 0 Å². The van der Waals surface area contributed by atoms with E-state index in [9.17, 15) is 19.5 Å². The Kier molecular flexibility index (Phi) is 5.33. The second kappa shape index (κ2) is 8.16. The molecule has 3 saturated heterocycles. The first-order chi connectivity index (χ1) is 15.5. The lowest BCUT2D eigenvalue weighted by Gasteiger charge is -2.44. The van der Waals surface area contributed by atoms with Crippen molar-refractivity contribution in [1.82, 2.24) is 10.2 Å². The summed E-state index contributed by atoms with van der Waals surface area (Å²) < 4.78 is -0.531. The molecule has 0 aliphatic carbocycles. The third kappa shape index (κ3) is 3.52. The van der Waals surface area contributed by atoms with Gasteiger partial charge in [0.2, 0.25) is 11.8 Å². The summed E-state index contributed by atoms with van der Waals surface area (Å²) in [6.45, 7) is 1.47. The fourth-order valence-electron chi connectivity index (χ4n) is 5.10. The standard InChI is InChI=1S/C24H25N3O4S/c28-18(15-16-7-3-1-4-8-16)25-19-21(29)27-20(23(30)31)24(32-22(19)27)11-13-26(14-12-24)17-9-5-2-6-10-17/h1-10,19-20,22H,11-15H2,(H,25,28)(H,30,31)/t19?,20?,22-/m1/s1. The van der Waals surface area contributed by atoms with E-state index in [2.05, 4.69) is 22.3 Å². The number of rotatable bonds is 5. The molecular formula is C24H25N3O4S. The molecule has 1 spiro atoms. The van der Waals surface area contributed by atoms with Gasteiger partial charge in [-0.2, -0.15) is 0 Å². The van der Waals surface area contributed by atoms with Gasteiger partial charge in [0.1, 0.15) is 17.5 Å². The molecule has 166 valence electrons. The number of nitrogens with zero attached hydrogens (tertiary/aromatic N) is 2. The molecule has 3 atom stereocenters. The Labute approximate surface area is 190 Å². The third-order valence-corrected chi connectivity index (χ3v) is 8.54. The van der Waals surface area contributed by atoms with Crippen LogP contribution in [0.2, 0.25) is 0 Å². The van der Waals surface area contributed by atoms with Gasteiger partial charge in [-0.05, 0) is 30.5 Å². The number of amides is 2. The highest BCUT2D eigenvalue weighted by Crippen LogP contribution is 2.55. The fourth-order valence-corrected chi connectivity index (χ4v) is 7.00. The average molecular weight is 452 g/mol. The van der Waals surface area contributed by atoms with Gasteiger partial charge in [-0.25, -0.2) is 4.79 Å². The Bertz CT molecular complexity index is 1020. The van der Waals surface area contributed by atoms with Crippen LogP contribution in [0.5, 0.6) is 0 Å². The van der Waals surface area contributed by atoms with E-state index in [0.29, 0.717) is 12.8 Å². The van der Waals surface area contributed by atoms with Crippen LogP contribution in [-0.2, 0) is 20.8 Å². The number of carbonyl (C=O) groups excluding carboxylic acids is 2. The summed E-state index contributed by atoms with van der Waals surface area (Å²) in [6.07, 6.45) is 1.55. The average Bonchev–Trinajstić information content (AvgIpc) is 3.10. The molecular weight excluding hydrogens is 426 g/mol. The number of carboxylic acid groups (broad SMARTS) is 1. The van der Waals surface area contributed by atoms with E-state index in [4.69, 9.17) is 0 Å². The minimum absolute atomic E-state index is 0.196. The summed E-state index contributed by atoms with van der Waals surface area (Å²) in [7, 11) is 0. The lowest BCUT2D eigenvalue weighted by atomic mass is 9.85. The van der Waals surface area contributed by atoms with E-state index in [0.717, 1.165) is 24.3 Å². The van der Waals surface area contributed by atoms with E-state index < -0.39 is 22.8 Å². The van der Waals surface area contributed by atoms with Gasteiger partial charge in [-0.15, -0.1) is 11.8 Å². The molecule has 8 heteroatoms. The first-order valence-electron chi connectivity index (χ1n) is 10.8. The zero-order valence-electron chi connectivity index (χ0n) is 17.5. The summed E-state index contributed by atoms with van der Waals surface area (Å²) in [5, 5.41) is 12.5.